The predicted molar refractivity (Wildman–Crippen MR) is 93.4 cm³/mol. The topological polar surface area (TPSA) is 79.0 Å². The van der Waals surface area contributed by atoms with E-state index in [1.807, 2.05) is 0 Å². The number of morpholine rings is 1. The highest BCUT2D eigenvalue weighted by Gasteiger charge is 2.29. The fourth-order valence-corrected chi connectivity index (χ4v) is 3.91. The minimum absolute atomic E-state index is 0.109. The third-order valence-electron chi connectivity index (χ3n) is 4.08. The molecule has 1 heterocycles. The number of rotatable bonds is 7. The Morgan fingerprint density at radius 2 is 1.96 bits per heavy atom. The summed E-state index contributed by atoms with van der Waals surface area (Å²) >= 11 is 0. The van der Waals surface area contributed by atoms with Gasteiger partial charge in [-0.05, 0) is 19.1 Å². The fourth-order valence-electron chi connectivity index (χ4n) is 2.74. The third kappa shape index (κ3) is 5.36. The molecule has 0 radical (unpaired) electrons. The highest BCUT2D eigenvalue weighted by molar-refractivity contribution is 7.92. The van der Waals surface area contributed by atoms with Gasteiger partial charge in [0.1, 0.15) is 6.04 Å². The molecule has 1 amide bonds. The van der Waals surface area contributed by atoms with Crippen LogP contribution in [0.4, 0.5) is 14.5 Å². The van der Waals surface area contributed by atoms with E-state index < -0.39 is 33.6 Å². The summed E-state index contributed by atoms with van der Waals surface area (Å²) in [6.45, 7) is 5.19. The zero-order chi connectivity index (χ0) is 19.3. The first-order chi connectivity index (χ1) is 12.2. The van der Waals surface area contributed by atoms with Crippen LogP contribution in [-0.2, 0) is 19.6 Å². The van der Waals surface area contributed by atoms with E-state index in [4.69, 9.17) is 4.74 Å². The van der Waals surface area contributed by atoms with E-state index in [0.29, 0.717) is 26.3 Å². The molecular formula is C16H23F2N3O4S. The Hall–Kier alpha value is -1.78. The Morgan fingerprint density at radius 3 is 2.54 bits per heavy atom. The van der Waals surface area contributed by atoms with E-state index in [-0.39, 0.29) is 5.69 Å². The van der Waals surface area contributed by atoms with Crippen LogP contribution in [0.1, 0.15) is 6.92 Å². The monoisotopic (exact) mass is 391 g/mol. The van der Waals surface area contributed by atoms with E-state index in [0.717, 1.165) is 41.8 Å². The van der Waals surface area contributed by atoms with E-state index >= 15 is 0 Å². The first-order valence-electron chi connectivity index (χ1n) is 8.22. The number of benzene rings is 1. The lowest BCUT2D eigenvalue weighted by Crippen LogP contribution is -2.49. The second-order valence-corrected chi connectivity index (χ2v) is 7.94. The van der Waals surface area contributed by atoms with E-state index in [2.05, 4.69) is 10.2 Å². The summed E-state index contributed by atoms with van der Waals surface area (Å²) in [6, 6.07) is 1.59. The Kier molecular flexibility index (Phi) is 6.90. The largest absolute Gasteiger partial charge is 0.379 e. The molecule has 7 nitrogen and oxygen atoms in total. The Labute approximate surface area is 152 Å². The van der Waals surface area contributed by atoms with Gasteiger partial charge in [0, 0.05) is 32.2 Å². The van der Waals surface area contributed by atoms with Crippen LogP contribution in [0.2, 0.25) is 0 Å². The van der Waals surface area contributed by atoms with Crippen molar-refractivity contribution >= 4 is 21.6 Å². The van der Waals surface area contributed by atoms with Gasteiger partial charge in [-0.15, -0.1) is 0 Å². The van der Waals surface area contributed by atoms with Gasteiger partial charge in [0.2, 0.25) is 15.9 Å². The van der Waals surface area contributed by atoms with Gasteiger partial charge in [0.05, 0.1) is 25.2 Å². The van der Waals surface area contributed by atoms with Gasteiger partial charge in [0.15, 0.2) is 11.6 Å². The van der Waals surface area contributed by atoms with Gasteiger partial charge in [-0.1, -0.05) is 0 Å². The molecule has 0 saturated carbocycles. The molecule has 0 aromatic heterocycles. The van der Waals surface area contributed by atoms with Crippen molar-refractivity contribution in [3.8, 4) is 0 Å². The molecule has 1 fully saturated rings. The smallest absolute Gasteiger partial charge is 0.243 e. The lowest BCUT2D eigenvalue weighted by molar-refractivity contribution is -0.121. The van der Waals surface area contributed by atoms with Gasteiger partial charge in [-0.25, -0.2) is 17.2 Å². The van der Waals surface area contributed by atoms with Gasteiger partial charge in [-0.3, -0.25) is 14.0 Å². The van der Waals surface area contributed by atoms with Crippen molar-refractivity contribution in [2.75, 3.05) is 50.0 Å². The average Bonchev–Trinajstić information content (AvgIpc) is 2.58. The molecule has 26 heavy (non-hydrogen) atoms. The molecule has 0 spiro atoms. The highest BCUT2D eigenvalue weighted by Crippen LogP contribution is 2.23. The lowest BCUT2D eigenvalue weighted by Gasteiger charge is -2.29. The van der Waals surface area contributed by atoms with Crippen molar-refractivity contribution in [3.05, 3.63) is 29.8 Å². The molecule has 0 bridgehead atoms. The lowest BCUT2D eigenvalue weighted by atomic mass is 10.2. The molecule has 146 valence electrons. The van der Waals surface area contributed by atoms with Crippen LogP contribution in [-0.4, -0.2) is 70.9 Å². The van der Waals surface area contributed by atoms with Gasteiger partial charge in [0.25, 0.3) is 0 Å². The number of ether oxygens (including phenoxy) is 1. The first-order valence-corrected chi connectivity index (χ1v) is 10.1. The zero-order valence-electron chi connectivity index (χ0n) is 14.7. The molecule has 1 aromatic carbocycles. The van der Waals surface area contributed by atoms with E-state index in [9.17, 15) is 22.0 Å². The van der Waals surface area contributed by atoms with Gasteiger partial charge < -0.3 is 10.1 Å². The third-order valence-corrected chi connectivity index (χ3v) is 5.32. The maximum Gasteiger partial charge on any atom is 0.243 e. The second kappa shape index (κ2) is 8.74. The Morgan fingerprint density at radius 1 is 1.31 bits per heavy atom. The van der Waals surface area contributed by atoms with Crippen molar-refractivity contribution in [1.82, 2.24) is 10.2 Å². The average molecular weight is 391 g/mol. The van der Waals surface area contributed by atoms with Crippen LogP contribution in [0.3, 0.4) is 0 Å². The molecule has 1 aliphatic rings. The number of anilines is 1. The van der Waals surface area contributed by atoms with Gasteiger partial charge >= 0.3 is 0 Å². The number of amides is 1. The van der Waals surface area contributed by atoms with Crippen molar-refractivity contribution in [3.63, 3.8) is 0 Å². The number of carbonyl (C=O) groups excluding carboxylic acids is 1. The molecule has 1 aliphatic heterocycles. The second-order valence-electron chi connectivity index (χ2n) is 6.08. The number of carbonyl (C=O) groups is 1. The summed E-state index contributed by atoms with van der Waals surface area (Å²) in [5.41, 5.74) is -0.109. The Balaban J connectivity index is 2.04. The molecule has 1 atom stereocenters. The number of nitrogens with one attached hydrogen (secondary N) is 1. The van der Waals surface area contributed by atoms with Crippen LogP contribution in [0.5, 0.6) is 0 Å². The van der Waals surface area contributed by atoms with Gasteiger partial charge in [-0.2, -0.15) is 0 Å². The maximum atomic E-state index is 13.5. The van der Waals surface area contributed by atoms with Crippen LogP contribution < -0.4 is 9.62 Å². The van der Waals surface area contributed by atoms with Crippen molar-refractivity contribution < 1.29 is 26.7 Å². The van der Waals surface area contributed by atoms with Crippen molar-refractivity contribution in [1.29, 1.82) is 0 Å². The predicted octanol–water partition coefficient (Wildman–Crippen LogP) is 0.568. The minimum Gasteiger partial charge on any atom is -0.379 e. The summed E-state index contributed by atoms with van der Waals surface area (Å²) in [6.07, 6.45) is 0.909. The molecule has 0 unspecified atom stereocenters. The van der Waals surface area contributed by atoms with Crippen LogP contribution in [0.25, 0.3) is 0 Å². The quantitative estimate of drug-likeness (QED) is 0.735. The molecule has 2 rings (SSSR count). The van der Waals surface area contributed by atoms with E-state index in [1.54, 1.807) is 0 Å². The molecular weight excluding hydrogens is 368 g/mol. The normalized spacial score (nSPS) is 16.9. The number of sulfonamides is 1. The fraction of sp³-hybridized carbons (Fsp3) is 0.562. The molecule has 1 N–H and O–H groups in total. The highest BCUT2D eigenvalue weighted by atomic mass is 32.2. The standard InChI is InChI=1S/C16H23F2N3O4S/c1-12(16(22)19-5-6-20-7-9-25-10-8-20)21(26(2,23)24)13-3-4-14(17)15(18)11-13/h3-4,11-12H,5-10H2,1-2H3,(H,19,22)/t12-/m1/s1. The molecule has 0 aliphatic carbocycles. The summed E-state index contributed by atoms with van der Waals surface area (Å²) in [5, 5.41) is 2.68. The summed E-state index contributed by atoms with van der Waals surface area (Å²) in [4.78, 5) is 14.5. The number of hydrogen-bond donors (Lipinski definition) is 1. The van der Waals surface area contributed by atoms with Crippen LogP contribution in [0, 0.1) is 11.6 Å². The summed E-state index contributed by atoms with van der Waals surface area (Å²) < 4.78 is 56.8. The minimum atomic E-state index is -3.88. The van der Waals surface area contributed by atoms with E-state index in [1.165, 1.54) is 6.92 Å². The van der Waals surface area contributed by atoms with Crippen LogP contribution in [0.15, 0.2) is 18.2 Å². The summed E-state index contributed by atoms with van der Waals surface area (Å²) in [5.74, 6) is -2.80. The SMILES string of the molecule is C[C@H](C(=O)NCCN1CCOCC1)N(c1ccc(F)c(F)c1)S(C)(=O)=O. The van der Waals surface area contributed by atoms with Crippen LogP contribution >= 0.6 is 0 Å². The zero-order valence-corrected chi connectivity index (χ0v) is 15.6. The first kappa shape index (κ1) is 20.5. The Bertz CT molecular complexity index is 739. The maximum absolute atomic E-state index is 13.5. The van der Waals surface area contributed by atoms with Crippen molar-refractivity contribution in [2.24, 2.45) is 0 Å². The molecule has 1 saturated heterocycles. The molecule has 10 heteroatoms. The number of nitrogens with zero attached hydrogens (tertiary/aromatic N) is 2. The van der Waals surface area contributed by atoms with Crippen molar-refractivity contribution in [2.45, 2.75) is 13.0 Å². The molecule has 1 aromatic rings. The summed E-state index contributed by atoms with van der Waals surface area (Å²) in [7, 11) is -3.88. The number of halogens is 2. The number of hydrogen-bond acceptors (Lipinski definition) is 5.